The quantitative estimate of drug-likeness (QED) is 0.648. The Morgan fingerprint density at radius 3 is 2.60 bits per heavy atom. The predicted molar refractivity (Wildman–Crippen MR) is 47.1 cm³/mol. The summed E-state index contributed by atoms with van der Waals surface area (Å²) in [5.41, 5.74) is 1.26. The standard InChI is InChI=1S/C9H10Br/c1-7(2)8-4-3-5-9(10)6-8/h3,5-7H,1-2H3. The first-order chi connectivity index (χ1) is 4.70. The molecule has 0 atom stereocenters. The molecule has 1 aromatic carbocycles. The fourth-order valence-electron chi connectivity index (χ4n) is 0.789. The number of hydrogen-bond acceptors (Lipinski definition) is 0. The van der Waals surface area contributed by atoms with E-state index >= 15 is 0 Å². The van der Waals surface area contributed by atoms with Gasteiger partial charge in [0.1, 0.15) is 0 Å². The Kier molecular flexibility index (Phi) is 2.50. The van der Waals surface area contributed by atoms with Crippen molar-refractivity contribution < 1.29 is 0 Å². The van der Waals surface area contributed by atoms with E-state index in [1.54, 1.807) is 0 Å². The summed E-state index contributed by atoms with van der Waals surface area (Å²) in [6.45, 7) is 4.33. The Bertz CT molecular complexity index is 216. The molecule has 0 aliphatic rings. The normalized spacial score (nSPS) is 10.4. The maximum atomic E-state index is 3.41. The van der Waals surface area contributed by atoms with Gasteiger partial charge in [0.15, 0.2) is 0 Å². The van der Waals surface area contributed by atoms with Gasteiger partial charge in [0.2, 0.25) is 0 Å². The van der Waals surface area contributed by atoms with E-state index in [1.807, 2.05) is 12.1 Å². The third-order valence-electron chi connectivity index (χ3n) is 1.41. The molecule has 53 valence electrons. The van der Waals surface area contributed by atoms with Crippen molar-refractivity contribution in [3.63, 3.8) is 0 Å². The maximum Gasteiger partial charge on any atom is 0.0178 e. The minimum Gasteiger partial charge on any atom is -0.0587 e. The third-order valence-corrected chi connectivity index (χ3v) is 1.90. The van der Waals surface area contributed by atoms with Gasteiger partial charge in [0.05, 0.1) is 0 Å². The van der Waals surface area contributed by atoms with Crippen LogP contribution in [-0.4, -0.2) is 0 Å². The molecule has 0 bridgehead atoms. The van der Waals surface area contributed by atoms with Crippen molar-refractivity contribution in [1.82, 2.24) is 0 Å². The molecule has 1 heteroatoms. The van der Waals surface area contributed by atoms with Crippen LogP contribution in [0.3, 0.4) is 0 Å². The Labute approximate surface area is 70.4 Å². The molecule has 0 saturated carbocycles. The van der Waals surface area contributed by atoms with E-state index in [9.17, 15) is 0 Å². The summed E-state index contributed by atoms with van der Waals surface area (Å²) >= 11 is 3.41. The van der Waals surface area contributed by atoms with Gasteiger partial charge in [-0.2, -0.15) is 0 Å². The summed E-state index contributed by atoms with van der Waals surface area (Å²) in [7, 11) is 0. The lowest BCUT2D eigenvalue weighted by Crippen LogP contribution is -1.85. The molecule has 0 aliphatic carbocycles. The molecule has 1 aromatic rings. The number of rotatable bonds is 1. The van der Waals surface area contributed by atoms with Crippen molar-refractivity contribution in [2.24, 2.45) is 0 Å². The van der Waals surface area contributed by atoms with Crippen molar-refractivity contribution in [2.45, 2.75) is 19.8 Å². The van der Waals surface area contributed by atoms with Crippen LogP contribution in [0.25, 0.3) is 0 Å². The molecule has 0 aliphatic heterocycles. The third kappa shape index (κ3) is 1.84. The number of halogens is 1. The Morgan fingerprint density at radius 2 is 2.20 bits per heavy atom. The largest absolute Gasteiger partial charge is 0.0587 e. The van der Waals surface area contributed by atoms with E-state index in [-0.39, 0.29) is 0 Å². The summed E-state index contributed by atoms with van der Waals surface area (Å²) in [5.74, 6) is 0.567. The topological polar surface area (TPSA) is 0 Å². The maximum absolute atomic E-state index is 3.41. The summed E-state index contributed by atoms with van der Waals surface area (Å²) < 4.78 is 1.13. The number of benzene rings is 1. The van der Waals surface area contributed by atoms with E-state index in [0.29, 0.717) is 5.92 Å². The molecule has 0 N–H and O–H groups in total. The molecule has 1 rings (SSSR count). The van der Waals surface area contributed by atoms with Crippen molar-refractivity contribution >= 4 is 15.9 Å². The second-order valence-electron chi connectivity index (χ2n) is 2.62. The van der Waals surface area contributed by atoms with E-state index in [0.717, 1.165) is 4.47 Å². The fourth-order valence-corrected chi connectivity index (χ4v) is 1.17. The van der Waals surface area contributed by atoms with Crippen molar-refractivity contribution in [1.29, 1.82) is 0 Å². The van der Waals surface area contributed by atoms with Crippen LogP contribution in [0.5, 0.6) is 0 Å². The lowest BCUT2D eigenvalue weighted by Gasteiger charge is -2.03. The summed E-state index contributed by atoms with van der Waals surface area (Å²) in [6, 6.07) is 9.22. The second-order valence-corrected chi connectivity index (χ2v) is 3.53. The molecular weight excluding hydrogens is 188 g/mol. The molecule has 0 fully saturated rings. The highest BCUT2D eigenvalue weighted by Gasteiger charge is 1.97. The molecule has 0 spiro atoms. The Hall–Kier alpha value is -0.300. The smallest absolute Gasteiger partial charge is 0.0178 e. The van der Waals surface area contributed by atoms with E-state index in [4.69, 9.17) is 0 Å². The Balaban J connectivity index is 2.96. The minimum absolute atomic E-state index is 0.567. The van der Waals surface area contributed by atoms with Crippen LogP contribution in [-0.2, 0) is 0 Å². The lowest BCUT2D eigenvalue weighted by molar-refractivity contribution is 0.864. The van der Waals surface area contributed by atoms with Gasteiger partial charge in [-0.15, -0.1) is 0 Å². The van der Waals surface area contributed by atoms with Crippen molar-refractivity contribution in [2.75, 3.05) is 0 Å². The minimum atomic E-state index is 0.567. The average Bonchev–Trinajstić information content (AvgIpc) is 1.88. The monoisotopic (exact) mass is 197 g/mol. The van der Waals surface area contributed by atoms with Crippen LogP contribution in [0, 0.1) is 6.07 Å². The molecular formula is C9H10Br. The average molecular weight is 198 g/mol. The molecule has 0 aromatic heterocycles. The van der Waals surface area contributed by atoms with Gasteiger partial charge in [0, 0.05) is 4.47 Å². The van der Waals surface area contributed by atoms with Crippen LogP contribution in [0.1, 0.15) is 25.3 Å². The van der Waals surface area contributed by atoms with Gasteiger partial charge in [0.25, 0.3) is 0 Å². The molecule has 0 unspecified atom stereocenters. The van der Waals surface area contributed by atoms with Crippen LogP contribution >= 0.6 is 15.9 Å². The summed E-state index contributed by atoms with van der Waals surface area (Å²) in [5, 5.41) is 0. The molecule has 10 heavy (non-hydrogen) atoms. The molecule has 0 heterocycles. The second kappa shape index (κ2) is 3.20. The summed E-state index contributed by atoms with van der Waals surface area (Å²) in [4.78, 5) is 0. The van der Waals surface area contributed by atoms with Gasteiger partial charge in [-0.1, -0.05) is 35.8 Å². The zero-order chi connectivity index (χ0) is 7.56. The fraction of sp³-hybridized carbons (Fsp3) is 0.333. The first-order valence-electron chi connectivity index (χ1n) is 3.37. The number of hydrogen-bond donors (Lipinski definition) is 0. The SMILES string of the molecule is CC(C)c1[c]ccc(Br)c1. The van der Waals surface area contributed by atoms with Crippen LogP contribution in [0.15, 0.2) is 22.7 Å². The first-order valence-corrected chi connectivity index (χ1v) is 4.16. The highest BCUT2D eigenvalue weighted by Crippen LogP contribution is 2.17. The van der Waals surface area contributed by atoms with Crippen LogP contribution < -0.4 is 0 Å². The van der Waals surface area contributed by atoms with Crippen LogP contribution in [0.4, 0.5) is 0 Å². The van der Waals surface area contributed by atoms with E-state index < -0.39 is 0 Å². The van der Waals surface area contributed by atoms with Gasteiger partial charge in [-0.25, -0.2) is 0 Å². The van der Waals surface area contributed by atoms with E-state index in [1.165, 1.54) is 5.56 Å². The van der Waals surface area contributed by atoms with E-state index in [2.05, 4.69) is 41.9 Å². The first kappa shape index (κ1) is 7.80. The van der Waals surface area contributed by atoms with Crippen molar-refractivity contribution in [3.8, 4) is 0 Å². The van der Waals surface area contributed by atoms with Gasteiger partial charge in [-0.05, 0) is 29.7 Å². The molecule has 0 nitrogen and oxygen atoms in total. The highest BCUT2D eigenvalue weighted by atomic mass is 79.9. The Morgan fingerprint density at radius 1 is 1.50 bits per heavy atom. The molecule has 0 saturated heterocycles. The zero-order valence-electron chi connectivity index (χ0n) is 6.19. The lowest BCUT2D eigenvalue weighted by atomic mass is 10.0. The van der Waals surface area contributed by atoms with Gasteiger partial charge >= 0.3 is 0 Å². The zero-order valence-corrected chi connectivity index (χ0v) is 7.77. The van der Waals surface area contributed by atoms with Gasteiger partial charge in [-0.3, -0.25) is 0 Å². The predicted octanol–water partition coefficient (Wildman–Crippen LogP) is 3.37. The van der Waals surface area contributed by atoms with Crippen molar-refractivity contribution in [3.05, 3.63) is 34.3 Å². The summed E-state index contributed by atoms with van der Waals surface area (Å²) in [6.07, 6.45) is 0. The molecule has 0 amide bonds. The van der Waals surface area contributed by atoms with Crippen LogP contribution in [0.2, 0.25) is 0 Å². The van der Waals surface area contributed by atoms with Gasteiger partial charge < -0.3 is 0 Å². The molecule has 1 radical (unpaired) electrons. The highest BCUT2D eigenvalue weighted by molar-refractivity contribution is 9.10.